The van der Waals surface area contributed by atoms with E-state index in [1.54, 1.807) is 19.1 Å². The van der Waals surface area contributed by atoms with Crippen LogP contribution in [0.4, 0.5) is 0 Å². The summed E-state index contributed by atoms with van der Waals surface area (Å²) < 4.78 is 10.6. The summed E-state index contributed by atoms with van der Waals surface area (Å²) in [5.74, 6) is -0.0200. The lowest BCUT2D eigenvalue weighted by Crippen LogP contribution is -2.06. The number of esters is 1. The molecule has 0 radical (unpaired) electrons. The smallest absolute Gasteiger partial charge is 0.341 e. The minimum atomic E-state index is -0.424. The summed E-state index contributed by atoms with van der Waals surface area (Å²) in [4.78, 5) is 11.5. The standard InChI is InChI=1S/C10H10BrClO3/c1-3-15-10(13)6-4-7(11)8(12)5-9(6)14-2/h4-5H,3H2,1-2H3. The van der Waals surface area contributed by atoms with Crippen LogP contribution < -0.4 is 4.74 Å². The Morgan fingerprint density at radius 3 is 2.73 bits per heavy atom. The van der Waals surface area contributed by atoms with Gasteiger partial charge in [-0.3, -0.25) is 0 Å². The first-order chi connectivity index (χ1) is 7.10. The number of rotatable bonds is 3. The summed E-state index contributed by atoms with van der Waals surface area (Å²) in [5.41, 5.74) is 0.357. The van der Waals surface area contributed by atoms with Crippen molar-refractivity contribution in [3.8, 4) is 5.75 Å². The van der Waals surface area contributed by atoms with Gasteiger partial charge in [0.05, 0.1) is 18.7 Å². The Hall–Kier alpha value is -0.740. The molecule has 1 aromatic carbocycles. The van der Waals surface area contributed by atoms with Crippen molar-refractivity contribution < 1.29 is 14.3 Å². The third kappa shape index (κ3) is 2.86. The Morgan fingerprint density at radius 1 is 1.53 bits per heavy atom. The van der Waals surface area contributed by atoms with Crippen molar-refractivity contribution in [3.63, 3.8) is 0 Å². The predicted molar refractivity (Wildman–Crippen MR) is 61.7 cm³/mol. The highest BCUT2D eigenvalue weighted by atomic mass is 79.9. The summed E-state index contributed by atoms with van der Waals surface area (Å²) in [6, 6.07) is 3.15. The van der Waals surface area contributed by atoms with E-state index in [2.05, 4.69) is 15.9 Å². The van der Waals surface area contributed by atoms with Crippen LogP contribution in [0, 0.1) is 0 Å². The Morgan fingerprint density at radius 2 is 2.20 bits per heavy atom. The zero-order chi connectivity index (χ0) is 11.4. The average molecular weight is 294 g/mol. The number of ether oxygens (including phenoxy) is 2. The van der Waals surface area contributed by atoms with Crippen molar-refractivity contribution in [2.24, 2.45) is 0 Å². The van der Waals surface area contributed by atoms with Gasteiger partial charge in [0.25, 0.3) is 0 Å². The third-order valence-electron chi connectivity index (χ3n) is 1.74. The first-order valence-electron chi connectivity index (χ1n) is 4.30. The molecule has 0 N–H and O–H groups in total. The van der Waals surface area contributed by atoms with Gasteiger partial charge in [-0.2, -0.15) is 0 Å². The van der Waals surface area contributed by atoms with Crippen molar-refractivity contribution in [3.05, 3.63) is 27.2 Å². The minimum Gasteiger partial charge on any atom is -0.496 e. The van der Waals surface area contributed by atoms with E-state index in [0.717, 1.165) is 0 Å². The lowest BCUT2D eigenvalue weighted by molar-refractivity contribution is 0.0522. The van der Waals surface area contributed by atoms with Gasteiger partial charge in [-0.25, -0.2) is 4.79 Å². The highest BCUT2D eigenvalue weighted by molar-refractivity contribution is 9.10. The first-order valence-corrected chi connectivity index (χ1v) is 5.47. The number of carbonyl (C=O) groups is 1. The minimum absolute atomic E-state index is 0.322. The number of carbonyl (C=O) groups excluding carboxylic acids is 1. The predicted octanol–water partition coefficient (Wildman–Crippen LogP) is 3.29. The Balaban J connectivity index is 3.15. The van der Waals surface area contributed by atoms with Gasteiger partial charge in [0.1, 0.15) is 11.3 Å². The topological polar surface area (TPSA) is 35.5 Å². The number of benzene rings is 1. The summed E-state index contributed by atoms with van der Waals surface area (Å²) in [6.07, 6.45) is 0. The van der Waals surface area contributed by atoms with E-state index in [0.29, 0.717) is 27.4 Å². The third-order valence-corrected chi connectivity index (χ3v) is 2.93. The van der Waals surface area contributed by atoms with Crippen LogP contribution in [-0.2, 0) is 4.74 Å². The molecule has 0 atom stereocenters. The van der Waals surface area contributed by atoms with Crippen LogP contribution >= 0.6 is 27.5 Å². The molecule has 1 aromatic rings. The van der Waals surface area contributed by atoms with Crippen molar-refractivity contribution in [1.29, 1.82) is 0 Å². The van der Waals surface area contributed by atoms with Crippen LogP contribution in [0.25, 0.3) is 0 Å². The Bertz CT molecular complexity index is 379. The van der Waals surface area contributed by atoms with Crippen LogP contribution in [0.3, 0.4) is 0 Å². The van der Waals surface area contributed by atoms with Crippen molar-refractivity contribution in [2.75, 3.05) is 13.7 Å². The van der Waals surface area contributed by atoms with Gasteiger partial charge in [0.2, 0.25) is 0 Å². The molecule has 0 aliphatic rings. The zero-order valence-electron chi connectivity index (χ0n) is 8.34. The summed E-state index contributed by atoms with van der Waals surface area (Å²) in [5, 5.41) is 0.486. The van der Waals surface area contributed by atoms with Crippen LogP contribution in [0.5, 0.6) is 5.75 Å². The van der Waals surface area contributed by atoms with Crippen LogP contribution in [0.2, 0.25) is 5.02 Å². The fraction of sp³-hybridized carbons (Fsp3) is 0.300. The molecule has 1 rings (SSSR count). The fourth-order valence-corrected chi connectivity index (χ4v) is 1.56. The lowest BCUT2D eigenvalue weighted by atomic mass is 10.2. The number of hydrogen-bond acceptors (Lipinski definition) is 3. The average Bonchev–Trinajstić information content (AvgIpc) is 2.21. The van der Waals surface area contributed by atoms with Gasteiger partial charge in [0, 0.05) is 10.5 Å². The fourth-order valence-electron chi connectivity index (χ4n) is 1.07. The molecule has 82 valence electrons. The zero-order valence-corrected chi connectivity index (χ0v) is 10.7. The van der Waals surface area contributed by atoms with Gasteiger partial charge in [-0.15, -0.1) is 0 Å². The second kappa shape index (κ2) is 5.37. The van der Waals surface area contributed by atoms with Crippen LogP contribution in [0.1, 0.15) is 17.3 Å². The van der Waals surface area contributed by atoms with Gasteiger partial charge in [-0.05, 0) is 28.9 Å². The summed E-state index contributed by atoms with van der Waals surface area (Å²) >= 11 is 9.10. The molecule has 0 bridgehead atoms. The van der Waals surface area contributed by atoms with Crippen molar-refractivity contribution >= 4 is 33.5 Å². The molecular weight excluding hydrogens is 283 g/mol. The van der Waals surface area contributed by atoms with Crippen molar-refractivity contribution in [2.45, 2.75) is 6.92 Å². The molecule has 0 amide bonds. The maximum absolute atomic E-state index is 11.5. The van der Waals surface area contributed by atoms with E-state index < -0.39 is 5.97 Å². The van der Waals surface area contributed by atoms with E-state index in [1.165, 1.54) is 7.11 Å². The van der Waals surface area contributed by atoms with E-state index in [1.807, 2.05) is 0 Å². The first kappa shape index (κ1) is 12.3. The second-order valence-corrected chi connectivity index (χ2v) is 3.95. The van der Waals surface area contributed by atoms with E-state index in [-0.39, 0.29) is 0 Å². The largest absolute Gasteiger partial charge is 0.496 e. The lowest BCUT2D eigenvalue weighted by Gasteiger charge is -2.09. The van der Waals surface area contributed by atoms with Gasteiger partial charge in [-0.1, -0.05) is 11.6 Å². The number of halogens is 2. The molecule has 0 fully saturated rings. The molecular formula is C10H10BrClO3. The maximum Gasteiger partial charge on any atom is 0.341 e. The van der Waals surface area contributed by atoms with E-state index in [9.17, 15) is 4.79 Å². The maximum atomic E-state index is 11.5. The van der Waals surface area contributed by atoms with E-state index in [4.69, 9.17) is 21.1 Å². The van der Waals surface area contributed by atoms with Gasteiger partial charge in [0.15, 0.2) is 0 Å². The highest BCUT2D eigenvalue weighted by Gasteiger charge is 2.15. The normalized spacial score (nSPS) is 9.87. The quantitative estimate of drug-likeness (QED) is 0.802. The molecule has 0 unspecified atom stereocenters. The monoisotopic (exact) mass is 292 g/mol. The molecule has 5 heteroatoms. The van der Waals surface area contributed by atoms with Crippen LogP contribution in [0.15, 0.2) is 16.6 Å². The summed E-state index contributed by atoms with van der Waals surface area (Å²) in [6.45, 7) is 2.07. The highest BCUT2D eigenvalue weighted by Crippen LogP contribution is 2.31. The SMILES string of the molecule is CCOC(=O)c1cc(Br)c(Cl)cc1OC. The molecule has 3 nitrogen and oxygen atoms in total. The molecule has 0 aliphatic carbocycles. The molecule has 0 aliphatic heterocycles. The molecule has 0 saturated carbocycles. The van der Waals surface area contributed by atoms with Crippen LogP contribution in [-0.4, -0.2) is 19.7 Å². The molecule has 0 heterocycles. The summed E-state index contributed by atoms with van der Waals surface area (Å²) in [7, 11) is 1.47. The van der Waals surface area contributed by atoms with Crippen molar-refractivity contribution in [1.82, 2.24) is 0 Å². The molecule has 15 heavy (non-hydrogen) atoms. The number of methoxy groups -OCH3 is 1. The van der Waals surface area contributed by atoms with E-state index >= 15 is 0 Å². The molecule has 0 spiro atoms. The molecule has 0 aromatic heterocycles. The van der Waals surface area contributed by atoms with Gasteiger partial charge < -0.3 is 9.47 Å². The van der Waals surface area contributed by atoms with Gasteiger partial charge >= 0.3 is 5.97 Å². The number of hydrogen-bond donors (Lipinski definition) is 0. The Kier molecular flexibility index (Phi) is 4.42. The second-order valence-electron chi connectivity index (χ2n) is 2.69. The Labute approximate surface area is 101 Å². The molecule has 0 saturated heterocycles.